The van der Waals surface area contributed by atoms with Gasteiger partial charge in [0, 0.05) is 225 Å². The molecule has 5 aromatic carbocycles. The van der Waals surface area contributed by atoms with E-state index >= 15 is 0 Å². The minimum atomic E-state index is -0.441. The monoisotopic (exact) mass is 1910 g/mol. The fourth-order valence-corrected chi connectivity index (χ4v) is 14.6. The Morgan fingerprint density at radius 1 is 0.302 bits per heavy atom. The number of aromatic nitrogens is 25. The van der Waals surface area contributed by atoms with Crippen molar-refractivity contribution in [2.45, 2.75) is 0 Å². The number of imidazole rings is 5. The Bertz CT molecular complexity index is 7570. The summed E-state index contributed by atoms with van der Waals surface area (Å²) >= 11 is 3.46. The van der Waals surface area contributed by atoms with Crippen LogP contribution in [0.3, 0.4) is 0 Å². The lowest BCUT2D eigenvalue weighted by molar-refractivity contribution is -0.384. The van der Waals surface area contributed by atoms with Gasteiger partial charge in [-0.2, -0.15) is 0 Å². The van der Waals surface area contributed by atoms with Gasteiger partial charge in [-0.25, -0.2) is 79.6 Å². The number of esters is 1. The fraction of sp³-hybridized carbons (Fsp3) is 0.0900. The van der Waals surface area contributed by atoms with Crippen molar-refractivity contribution in [3.05, 3.63) is 350 Å². The second kappa shape index (κ2) is 44.5. The van der Waals surface area contributed by atoms with Crippen molar-refractivity contribution in [3.8, 4) is 131 Å². The Morgan fingerprint density at radius 2 is 0.597 bits per heavy atom. The van der Waals surface area contributed by atoms with Crippen LogP contribution in [-0.4, -0.2) is 162 Å². The predicted octanol–water partition coefficient (Wildman–Crippen LogP) is 18.9. The molecule has 5 N–H and O–H groups in total. The van der Waals surface area contributed by atoms with E-state index in [1.807, 2.05) is 216 Å². The quantitative estimate of drug-likeness (QED) is 0.0201. The van der Waals surface area contributed by atoms with E-state index in [1.54, 1.807) is 182 Å². The molecule has 0 atom stereocenters. The Kier molecular flexibility index (Phi) is 29.9. The summed E-state index contributed by atoms with van der Waals surface area (Å²) in [5, 5.41) is 26.6. The number of nitro benzene ring substituents is 1. The van der Waals surface area contributed by atoms with Gasteiger partial charge < -0.3 is 68.4 Å². The summed E-state index contributed by atoms with van der Waals surface area (Å²) in [6, 6.07) is 62.5. The Hall–Kier alpha value is -18.9. The maximum Gasteiger partial charge on any atom is 0.337 e. The molecule has 139 heavy (non-hydrogen) atoms. The first-order valence-electron chi connectivity index (χ1n) is 42.6. The Labute approximate surface area is 804 Å². The van der Waals surface area contributed by atoms with Crippen molar-refractivity contribution in [3.63, 3.8) is 0 Å². The molecule has 0 radical (unpaired) electrons. The summed E-state index contributed by atoms with van der Waals surface area (Å²) in [7, 11) is 15.9. The highest BCUT2D eigenvalue weighted by atomic mass is 79.9. The van der Waals surface area contributed by atoms with Crippen LogP contribution in [0, 0.1) is 10.1 Å². The van der Waals surface area contributed by atoms with Gasteiger partial charge in [-0.15, -0.1) is 0 Å². The first-order valence-corrected chi connectivity index (χ1v) is 43.4. The number of carbonyl (C=O) groups excluding carboxylic acids is 1. The van der Waals surface area contributed by atoms with E-state index in [1.165, 1.54) is 19.2 Å². The normalized spacial score (nSPS) is 10.6. The van der Waals surface area contributed by atoms with Gasteiger partial charge in [0.2, 0.25) is 29.7 Å². The highest BCUT2D eigenvalue weighted by Crippen LogP contribution is 2.35. The highest BCUT2D eigenvalue weighted by molar-refractivity contribution is 9.10. The molecule has 15 aromatic heterocycles. The maximum absolute atomic E-state index is 11.7. The number of hydrogen-bond acceptors (Lipinski definition) is 32. The van der Waals surface area contributed by atoms with Crippen LogP contribution in [-0.2, 0) is 40.0 Å². The molecule has 0 aliphatic rings. The van der Waals surface area contributed by atoms with Gasteiger partial charge in [0.1, 0.15) is 46.4 Å². The van der Waals surface area contributed by atoms with Crippen LogP contribution in [0.25, 0.3) is 114 Å². The van der Waals surface area contributed by atoms with Crippen LogP contribution in [0.1, 0.15) is 10.4 Å². The molecule has 20 aromatic rings. The van der Waals surface area contributed by atoms with Crippen molar-refractivity contribution in [1.29, 1.82) is 0 Å². The summed E-state index contributed by atoms with van der Waals surface area (Å²) < 4.78 is 31.5. The minimum absolute atomic E-state index is 0.0260. The number of methoxy groups -OCH3 is 4. The molecule has 0 aliphatic carbocycles. The number of non-ortho nitro benzene ring substituents is 1. The van der Waals surface area contributed by atoms with Gasteiger partial charge in [0.05, 0.1) is 127 Å². The standard InChI is InChI=1S/C21H20N6O2.C21H18N6O2.C20H18N6O.C19H15BrN6.C19H15N7O2/c1-27-19(13-24-20(27)14-5-4-7-22-12-14)18-6-8-23-21(26-18)25-15-9-16(28-2)11-17(10-15)29-3;1-27-18(13-24-19(27)15-6-4-9-22-12-15)17-8-10-23-21(26-17)25-16-7-3-5-14(11-16)20(28)29-2;1-26-18(13-23-19(26)14-5-4-9-21-12-14)17-8-10-22-20(25-17)24-15-6-3-7-16(11-15)27-2;1-26-17(12-23-18(26)13-4-3-8-21-11-13)16-7-9-22-19(25-16)24-15-6-2-5-14(20)10-15;1-25-17(12-22-18(25)13-3-2-9-20-11-13)16-8-10-21-19(24-16)23-14-4-6-15(7-5-14)26(27)28/h4-13H,1-3H3,(H,23,25,26);3-13H,1-2H3,(H,23,25,26);3-13H,1-2H3,(H,22,24,25);2-12H,1H3,(H,22,24,25);2-12H,1H3,(H,21,23,24). The SMILES string of the molecule is COC(=O)c1cccc(Nc2nccc(-c3cnc(-c4cccnc4)n3C)n2)c1.COc1cc(Nc2nccc(-c3cnc(-c4cccnc4)n3C)n2)cc(OC)c1.COc1cccc(Nc2nccc(-c3cnc(-c4cccnc4)n3C)n2)c1.Cn1c(-c2ccnc(Nc3ccc([N+](=O)[O-])cc3)n2)cnc1-c1cccnc1.Cn1c(-c2ccnc(Nc3cccc(Br)c3)n2)cnc1-c1cccnc1. The van der Waals surface area contributed by atoms with Crippen LogP contribution in [0.4, 0.5) is 63.9 Å². The third kappa shape index (κ3) is 23.4. The molecule has 0 amide bonds. The van der Waals surface area contributed by atoms with E-state index in [4.69, 9.17) is 18.9 Å². The summed E-state index contributed by atoms with van der Waals surface area (Å²) in [5.74, 6) is 8.08. The molecule has 0 saturated carbocycles. The second-order valence-electron chi connectivity index (χ2n) is 30.0. The number of halogens is 1. The molecule has 0 unspecified atom stereocenters. The number of ether oxygens (including phenoxy) is 4. The van der Waals surface area contributed by atoms with Crippen LogP contribution in [0.5, 0.6) is 17.2 Å². The van der Waals surface area contributed by atoms with Crippen LogP contribution >= 0.6 is 15.9 Å². The molecule has 0 spiro atoms. The van der Waals surface area contributed by atoms with Crippen molar-refractivity contribution in [2.75, 3.05) is 55.0 Å². The molecule has 690 valence electrons. The minimum Gasteiger partial charge on any atom is -0.497 e. The lowest BCUT2D eigenvalue weighted by Gasteiger charge is -2.11. The number of carbonyl (C=O) groups is 1. The van der Waals surface area contributed by atoms with E-state index < -0.39 is 10.9 Å². The van der Waals surface area contributed by atoms with Crippen LogP contribution in [0.2, 0.25) is 0 Å². The Balaban J connectivity index is 0.000000126. The number of hydrogen-bond donors (Lipinski definition) is 5. The van der Waals surface area contributed by atoms with E-state index in [0.717, 1.165) is 135 Å². The van der Waals surface area contributed by atoms with Gasteiger partial charge >= 0.3 is 5.97 Å². The molecule has 0 fully saturated rings. The van der Waals surface area contributed by atoms with E-state index in [-0.39, 0.29) is 5.69 Å². The zero-order valence-corrected chi connectivity index (χ0v) is 77.6. The molecule has 0 bridgehead atoms. The van der Waals surface area contributed by atoms with E-state index in [9.17, 15) is 14.9 Å². The average molecular weight is 1910 g/mol. The van der Waals surface area contributed by atoms with Gasteiger partial charge in [0.15, 0.2) is 0 Å². The summed E-state index contributed by atoms with van der Waals surface area (Å²) in [5.41, 5.74) is 17.1. The topological polar surface area (TPSA) is 440 Å². The number of benzene rings is 5. The number of rotatable bonds is 25. The zero-order valence-electron chi connectivity index (χ0n) is 76.0. The number of pyridine rings is 5. The molecular weight excluding hydrogens is 1830 g/mol. The number of nitrogens with zero attached hydrogens (tertiary/aromatic N) is 26. The number of anilines is 10. The third-order valence-electron chi connectivity index (χ3n) is 21.0. The summed E-state index contributed by atoms with van der Waals surface area (Å²) in [6.45, 7) is 0. The van der Waals surface area contributed by atoms with Gasteiger partial charge in [-0.3, -0.25) is 35.0 Å². The molecule has 0 aliphatic heterocycles. The lowest BCUT2D eigenvalue weighted by atomic mass is 10.2. The second-order valence-corrected chi connectivity index (χ2v) is 30.9. The average Bonchev–Trinajstić information content (AvgIpc) is 1.70. The molecule has 20 rings (SSSR count). The number of nitrogens with one attached hydrogen (secondary N) is 5. The molecule has 39 heteroatoms. The van der Waals surface area contributed by atoms with Gasteiger partial charge in [-0.1, -0.05) is 34.1 Å². The molecule has 38 nitrogen and oxygen atoms in total. The molecule has 0 saturated heterocycles. The molecule has 15 heterocycles. The van der Waals surface area contributed by atoms with Crippen molar-refractivity contribution in [1.82, 2.24) is 123 Å². The smallest absolute Gasteiger partial charge is 0.337 e. The molecular formula is C100H86BrN31O7. The van der Waals surface area contributed by atoms with Crippen molar-refractivity contribution >= 4 is 85.8 Å². The van der Waals surface area contributed by atoms with E-state index in [2.05, 4.69) is 142 Å². The van der Waals surface area contributed by atoms with Crippen LogP contribution in [0.15, 0.2) is 335 Å². The highest BCUT2D eigenvalue weighted by Gasteiger charge is 2.21. The summed E-state index contributed by atoms with van der Waals surface area (Å²) in [6.07, 6.45) is 35.0. The largest absolute Gasteiger partial charge is 0.497 e. The van der Waals surface area contributed by atoms with Crippen molar-refractivity contribution < 1.29 is 28.7 Å². The first-order chi connectivity index (χ1) is 67.9. The van der Waals surface area contributed by atoms with Gasteiger partial charge in [0.25, 0.3) is 5.69 Å². The lowest BCUT2D eigenvalue weighted by Crippen LogP contribution is -2.03. The van der Waals surface area contributed by atoms with E-state index in [0.29, 0.717) is 63.9 Å². The maximum atomic E-state index is 11.7. The first kappa shape index (κ1) is 93.3. The fourth-order valence-electron chi connectivity index (χ4n) is 14.2. The summed E-state index contributed by atoms with van der Waals surface area (Å²) in [4.78, 5) is 110. The number of nitro groups is 1. The zero-order chi connectivity index (χ0) is 96.5. The Morgan fingerprint density at radius 3 is 0.899 bits per heavy atom. The van der Waals surface area contributed by atoms with Crippen molar-refractivity contribution in [2.24, 2.45) is 35.2 Å². The predicted molar refractivity (Wildman–Crippen MR) is 531 cm³/mol. The van der Waals surface area contributed by atoms with Crippen LogP contribution < -0.4 is 40.8 Å². The van der Waals surface area contributed by atoms with Gasteiger partial charge in [-0.05, 0) is 152 Å². The third-order valence-corrected chi connectivity index (χ3v) is 21.5.